The number of aryl methyl sites for hydroxylation is 1. The third-order valence-corrected chi connectivity index (χ3v) is 3.52. The van der Waals surface area contributed by atoms with Gasteiger partial charge in [0, 0.05) is 5.69 Å². The monoisotopic (exact) mass is 355 g/mol. The van der Waals surface area contributed by atoms with E-state index in [0.717, 1.165) is 0 Å². The van der Waals surface area contributed by atoms with E-state index in [0.29, 0.717) is 16.9 Å². The number of aromatic nitrogens is 4. The molecule has 2 aromatic carbocycles. The van der Waals surface area contributed by atoms with Gasteiger partial charge < -0.3 is 10.1 Å². The summed E-state index contributed by atoms with van der Waals surface area (Å²) in [5.41, 5.74) is 1.98. The number of esters is 1. The third kappa shape index (κ3) is 4.07. The first kappa shape index (κ1) is 17.2. The van der Waals surface area contributed by atoms with Gasteiger partial charge in [-0.25, -0.2) is 13.9 Å². The molecule has 0 atom stereocenters. The van der Waals surface area contributed by atoms with E-state index in [4.69, 9.17) is 4.74 Å². The van der Waals surface area contributed by atoms with Crippen LogP contribution in [0, 0.1) is 12.7 Å². The zero-order valence-electron chi connectivity index (χ0n) is 13.7. The first-order valence-corrected chi connectivity index (χ1v) is 7.59. The number of benzene rings is 2. The van der Waals surface area contributed by atoms with Gasteiger partial charge in [0.15, 0.2) is 6.61 Å². The van der Waals surface area contributed by atoms with Gasteiger partial charge in [-0.2, -0.15) is 0 Å². The number of ether oxygens (including phenoxy) is 1. The average Bonchev–Trinajstić information content (AvgIpc) is 3.17. The minimum atomic E-state index is -0.653. The van der Waals surface area contributed by atoms with Crippen LogP contribution in [0.5, 0.6) is 0 Å². The van der Waals surface area contributed by atoms with Crippen molar-refractivity contribution in [2.45, 2.75) is 6.92 Å². The van der Waals surface area contributed by atoms with Gasteiger partial charge in [-0.15, -0.1) is 5.10 Å². The van der Waals surface area contributed by atoms with Gasteiger partial charge in [0.25, 0.3) is 5.91 Å². The van der Waals surface area contributed by atoms with E-state index in [1.807, 2.05) is 0 Å². The highest BCUT2D eigenvalue weighted by Gasteiger charge is 2.12. The molecule has 0 aliphatic carbocycles. The van der Waals surface area contributed by atoms with Crippen molar-refractivity contribution in [3.05, 3.63) is 65.7 Å². The summed E-state index contributed by atoms with van der Waals surface area (Å²) in [7, 11) is 0. The van der Waals surface area contributed by atoms with E-state index in [1.54, 1.807) is 25.1 Å². The van der Waals surface area contributed by atoms with Crippen LogP contribution in [0.25, 0.3) is 5.69 Å². The van der Waals surface area contributed by atoms with E-state index in [9.17, 15) is 14.0 Å². The molecule has 0 fully saturated rings. The first-order chi connectivity index (χ1) is 12.5. The summed E-state index contributed by atoms with van der Waals surface area (Å²) in [5.74, 6) is -1.68. The number of nitrogens with zero attached hydrogens (tertiary/aromatic N) is 4. The Bertz CT molecular complexity index is 926. The second kappa shape index (κ2) is 7.51. The second-order valence-electron chi connectivity index (χ2n) is 5.38. The number of nitrogens with one attached hydrogen (secondary N) is 1. The fourth-order valence-electron chi connectivity index (χ4n) is 2.16. The molecule has 1 aromatic heterocycles. The summed E-state index contributed by atoms with van der Waals surface area (Å²) in [6.45, 7) is 1.25. The minimum Gasteiger partial charge on any atom is -0.452 e. The highest BCUT2D eigenvalue weighted by atomic mass is 19.1. The maximum absolute atomic E-state index is 13.2. The summed E-state index contributed by atoms with van der Waals surface area (Å²) in [4.78, 5) is 23.9. The molecule has 0 aliphatic heterocycles. The first-order valence-electron chi connectivity index (χ1n) is 7.59. The Kier molecular flexibility index (Phi) is 4.97. The SMILES string of the molecule is Cc1ccc(F)cc1NC(=O)COC(=O)c1ccc(-n2cnnn2)cc1. The van der Waals surface area contributed by atoms with E-state index in [1.165, 1.54) is 35.3 Å². The van der Waals surface area contributed by atoms with Crippen LogP contribution in [-0.4, -0.2) is 38.7 Å². The van der Waals surface area contributed by atoms with Gasteiger partial charge in [0.05, 0.1) is 11.3 Å². The number of rotatable bonds is 5. The molecule has 0 saturated carbocycles. The molecular weight excluding hydrogens is 341 g/mol. The van der Waals surface area contributed by atoms with Crippen molar-refractivity contribution in [3.8, 4) is 5.69 Å². The van der Waals surface area contributed by atoms with Gasteiger partial charge in [0.2, 0.25) is 0 Å². The van der Waals surface area contributed by atoms with Crippen molar-refractivity contribution in [2.24, 2.45) is 0 Å². The molecule has 0 spiro atoms. The summed E-state index contributed by atoms with van der Waals surface area (Å²) < 4.78 is 19.6. The Labute approximate surface area is 147 Å². The molecule has 26 heavy (non-hydrogen) atoms. The van der Waals surface area contributed by atoms with Crippen molar-refractivity contribution in [1.82, 2.24) is 20.2 Å². The van der Waals surface area contributed by atoms with Gasteiger partial charge in [-0.05, 0) is 59.3 Å². The largest absolute Gasteiger partial charge is 0.452 e. The number of carbonyl (C=O) groups is 2. The molecule has 8 nitrogen and oxygen atoms in total. The molecule has 1 heterocycles. The Morgan fingerprint density at radius 3 is 2.65 bits per heavy atom. The fourth-order valence-corrected chi connectivity index (χ4v) is 2.16. The lowest BCUT2D eigenvalue weighted by Gasteiger charge is -2.09. The van der Waals surface area contributed by atoms with Crippen molar-refractivity contribution < 1.29 is 18.7 Å². The molecule has 0 aliphatic rings. The molecule has 0 bridgehead atoms. The predicted molar refractivity (Wildman–Crippen MR) is 89.2 cm³/mol. The third-order valence-electron chi connectivity index (χ3n) is 3.52. The Morgan fingerprint density at radius 1 is 1.19 bits per heavy atom. The quantitative estimate of drug-likeness (QED) is 0.702. The summed E-state index contributed by atoms with van der Waals surface area (Å²) in [5, 5.41) is 13.3. The van der Waals surface area contributed by atoms with Crippen molar-refractivity contribution in [1.29, 1.82) is 0 Å². The zero-order valence-corrected chi connectivity index (χ0v) is 13.7. The Morgan fingerprint density at radius 2 is 1.96 bits per heavy atom. The number of halogens is 1. The van der Waals surface area contributed by atoms with Gasteiger partial charge in [0.1, 0.15) is 12.1 Å². The van der Waals surface area contributed by atoms with Crippen molar-refractivity contribution in [2.75, 3.05) is 11.9 Å². The lowest BCUT2D eigenvalue weighted by molar-refractivity contribution is -0.119. The molecule has 1 N–H and O–H groups in total. The lowest BCUT2D eigenvalue weighted by atomic mass is 10.2. The smallest absolute Gasteiger partial charge is 0.338 e. The molecule has 132 valence electrons. The van der Waals surface area contributed by atoms with Crippen molar-refractivity contribution in [3.63, 3.8) is 0 Å². The normalized spacial score (nSPS) is 10.4. The second-order valence-corrected chi connectivity index (χ2v) is 5.38. The topological polar surface area (TPSA) is 99.0 Å². The minimum absolute atomic E-state index is 0.275. The van der Waals surface area contributed by atoms with Crippen LogP contribution in [0.15, 0.2) is 48.8 Å². The van der Waals surface area contributed by atoms with Crippen LogP contribution in [0.1, 0.15) is 15.9 Å². The molecule has 0 radical (unpaired) electrons. The predicted octanol–water partition coefficient (Wildman–Crippen LogP) is 1.91. The standard InChI is InChI=1S/C17H14FN5O3/c1-11-2-5-13(18)8-15(11)20-16(24)9-26-17(25)12-3-6-14(7-4-12)23-10-19-21-22-23/h2-8,10H,9H2,1H3,(H,20,24). The maximum Gasteiger partial charge on any atom is 0.338 e. The molecular formula is C17H14FN5O3. The summed E-state index contributed by atoms with van der Waals surface area (Å²) >= 11 is 0. The van der Waals surface area contributed by atoms with Crippen LogP contribution in [0.3, 0.4) is 0 Å². The van der Waals surface area contributed by atoms with Crippen LogP contribution in [0.4, 0.5) is 10.1 Å². The van der Waals surface area contributed by atoms with Gasteiger partial charge in [-0.3, -0.25) is 4.79 Å². The molecule has 9 heteroatoms. The average molecular weight is 355 g/mol. The molecule has 3 rings (SSSR count). The number of carbonyl (C=O) groups excluding carboxylic acids is 2. The highest BCUT2D eigenvalue weighted by molar-refractivity contribution is 5.95. The van der Waals surface area contributed by atoms with Crippen LogP contribution in [-0.2, 0) is 9.53 Å². The Hall–Kier alpha value is -3.62. The number of tetrazole rings is 1. The molecule has 0 saturated heterocycles. The fraction of sp³-hybridized carbons (Fsp3) is 0.118. The summed E-state index contributed by atoms with van der Waals surface area (Å²) in [6, 6.07) is 10.4. The van der Waals surface area contributed by atoms with Crippen LogP contribution < -0.4 is 5.32 Å². The number of anilines is 1. The number of amides is 1. The molecule has 3 aromatic rings. The van der Waals surface area contributed by atoms with E-state index < -0.39 is 24.3 Å². The van der Waals surface area contributed by atoms with E-state index in [2.05, 4.69) is 20.8 Å². The van der Waals surface area contributed by atoms with Crippen molar-refractivity contribution >= 4 is 17.6 Å². The van der Waals surface area contributed by atoms with E-state index in [-0.39, 0.29) is 5.56 Å². The van der Waals surface area contributed by atoms with Crippen LogP contribution in [0.2, 0.25) is 0 Å². The lowest BCUT2D eigenvalue weighted by Crippen LogP contribution is -2.21. The van der Waals surface area contributed by atoms with Gasteiger partial charge >= 0.3 is 5.97 Å². The Balaban J connectivity index is 1.56. The zero-order chi connectivity index (χ0) is 18.5. The molecule has 1 amide bonds. The van der Waals surface area contributed by atoms with E-state index >= 15 is 0 Å². The molecule has 0 unspecified atom stereocenters. The highest BCUT2D eigenvalue weighted by Crippen LogP contribution is 2.16. The van der Waals surface area contributed by atoms with Gasteiger partial charge in [-0.1, -0.05) is 6.07 Å². The van der Waals surface area contributed by atoms with Crippen LogP contribution >= 0.6 is 0 Å². The number of hydrogen-bond acceptors (Lipinski definition) is 6. The summed E-state index contributed by atoms with van der Waals surface area (Å²) in [6.07, 6.45) is 1.42. The maximum atomic E-state index is 13.2. The number of hydrogen-bond donors (Lipinski definition) is 1.